The summed E-state index contributed by atoms with van der Waals surface area (Å²) in [6, 6.07) is 11.5. The standard InChI is InChI=1S/C21H22F2N6.HI/c22-17-2-4-18(5-3-17)27-9-11-28(12-10-27)21(24)26-14-16-1-6-20(19(23)13-16)29-8-7-25-15-29;/h1-8,13,15H,9-12,14H2,(H2,24,26);1H. The first-order valence-corrected chi connectivity index (χ1v) is 9.42. The minimum atomic E-state index is -0.331. The van der Waals surface area contributed by atoms with Gasteiger partial charge in [-0.2, -0.15) is 0 Å². The number of nitrogens with two attached hydrogens (primary N) is 1. The molecular formula is C21H23F2IN6. The van der Waals surface area contributed by atoms with Crippen molar-refractivity contribution in [3.05, 3.63) is 78.4 Å². The Kier molecular flexibility index (Phi) is 7.24. The van der Waals surface area contributed by atoms with Crippen molar-refractivity contribution < 1.29 is 8.78 Å². The zero-order chi connectivity index (χ0) is 20.2. The van der Waals surface area contributed by atoms with Crippen molar-refractivity contribution in [2.75, 3.05) is 31.1 Å². The molecule has 1 saturated heterocycles. The van der Waals surface area contributed by atoms with Gasteiger partial charge >= 0.3 is 0 Å². The molecule has 0 saturated carbocycles. The second-order valence-electron chi connectivity index (χ2n) is 6.88. The van der Waals surface area contributed by atoms with E-state index in [9.17, 15) is 8.78 Å². The van der Waals surface area contributed by atoms with Crippen LogP contribution in [0.25, 0.3) is 5.69 Å². The maximum atomic E-state index is 14.4. The number of imidazole rings is 1. The van der Waals surface area contributed by atoms with E-state index in [1.807, 2.05) is 11.0 Å². The molecule has 1 aromatic heterocycles. The molecule has 6 nitrogen and oxygen atoms in total. The monoisotopic (exact) mass is 524 g/mol. The number of rotatable bonds is 4. The molecule has 0 bridgehead atoms. The minimum absolute atomic E-state index is 0. The highest BCUT2D eigenvalue weighted by atomic mass is 127. The van der Waals surface area contributed by atoms with E-state index in [4.69, 9.17) is 5.73 Å². The van der Waals surface area contributed by atoms with E-state index >= 15 is 0 Å². The molecular weight excluding hydrogens is 501 g/mol. The molecule has 0 amide bonds. The van der Waals surface area contributed by atoms with Crippen LogP contribution in [0.15, 0.2) is 66.2 Å². The molecule has 2 heterocycles. The lowest BCUT2D eigenvalue weighted by molar-refractivity contribution is 0.380. The van der Waals surface area contributed by atoms with Crippen molar-refractivity contribution in [1.82, 2.24) is 14.5 Å². The summed E-state index contributed by atoms with van der Waals surface area (Å²) in [4.78, 5) is 12.6. The maximum absolute atomic E-state index is 14.4. The second kappa shape index (κ2) is 9.88. The first kappa shape index (κ1) is 22.0. The van der Waals surface area contributed by atoms with Gasteiger partial charge in [0.15, 0.2) is 5.96 Å². The van der Waals surface area contributed by atoms with Crippen LogP contribution in [0, 0.1) is 11.6 Å². The van der Waals surface area contributed by atoms with Crippen LogP contribution >= 0.6 is 24.0 Å². The lowest BCUT2D eigenvalue weighted by atomic mass is 10.2. The first-order chi connectivity index (χ1) is 14.1. The van der Waals surface area contributed by atoms with Gasteiger partial charge in [0.1, 0.15) is 11.6 Å². The highest BCUT2D eigenvalue weighted by Crippen LogP contribution is 2.18. The molecule has 30 heavy (non-hydrogen) atoms. The van der Waals surface area contributed by atoms with Gasteiger partial charge in [0.25, 0.3) is 0 Å². The normalized spacial score (nSPS) is 14.5. The average Bonchev–Trinajstić information content (AvgIpc) is 3.27. The highest BCUT2D eigenvalue weighted by molar-refractivity contribution is 14.0. The van der Waals surface area contributed by atoms with Crippen LogP contribution in [0.4, 0.5) is 14.5 Å². The first-order valence-electron chi connectivity index (χ1n) is 9.42. The summed E-state index contributed by atoms with van der Waals surface area (Å²) in [7, 11) is 0. The zero-order valence-corrected chi connectivity index (χ0v) is 18.6. The summed E-state index contributed by atoms with van der Waals surface area (Å²) < 4.78 is 29.1. The van der Waals surface area contributed by atoms with Crippen molar-refractivity contribution in [3.63, 3.8) is 0 Å². The molecule has 0 aliphatic carbocycles. The van der Waals surface area contributed by atoms with Crippen molar-refractivity contribution >= 4 is 35.6 Å². The Labute approximate surface area is 191 Å². The van der Waals surface area contributed by atoms with Gasteiger partial charge in [-0.3, -0.25) is 0 Å². The van der Waals surface area contributed by atoms with Gasteiger partial charge in [-0.1, -0.05) is 6.07 Å². The number of benzene rings is 2. The van der Waals surface area contributed by atoms with E-state index in [1.165, 1.54) is 18.2 Å². The van der Waals surface area contributed by atoms with Crippen molar-refractivity contribution in [1.29, 1.82) is 0 Å². The Hall–Kier alpha value is -2.69. The molecule has 0 atom stereocenters. The Bertz CT molecular complexity index is 983. The maximum Gasteiger partial charge on any atom is 0.191 e. The van der Waals surface area contributed by atoms with Gasteiger partial charge in [0.2, 0.25) is 0 Å². The molecule has 0 unspecified atom stereocenters. The molecule has 0 radical (unpaired) electrons. The number of aromatic nitrogens is 2. The largest absolute Gasteiger partial charge is 0.370 e. The average molecular weight is 524 g/mol. The molecule has 158 valence electrons. The van der Waals surface area contributed by atoms with Crippen LogP contribution in [0.5, 0.6) is 0 Å². The van der Waals surface area contributed by atoms with Gasteiger partial charge in [-0.05, 0) is 42.0 Å². The van der Waals surface area contributed by atoms with Gasteiger partial charge in [0, 0.05) is 44.3 Å². The minimum Gasteiger partial charge on any atom is -0.370 e. The van der Waals surface area contributed by atoms with E-state index in [-0.39, 0.29) is 35.6 Å². The molecule has 2 aromatic carbocycles. The smallest absolute Gasteiger partial charge is 0.191 e. The van der Waals surface area contributed by atoms with E-state index in [0.717, 1.165) is 37.4 Å². The number of guanidine groups is 1. The van der Waals surface area contributed by atoms with Crippen LogP contribution in [0.3, 0.4) is 0 Å². The quantitative estimate of drug-likeness (QED) is 0.323. The summed E-state index contributed by atoms with van der Waals surface area (Å²) >= 11 is 0. The van der Waals surface area contributed by atoms with Crippen LogP contribution in [0.1, 0.15) is 5.56 Å². The molecule has 1 aliphatic rings. The van der Waals surface area contributed by atoms with E-state index < -0.39 is 0 Å². The third-order valence-electron chi connectivity index (χ3n) is 5.01. The number of anilines is 1. The summed E-state index contributed by atoms with van der Waals surface area (Å²) in [5, 5.41) is 0. The fourth-order valence-electron chi connectivity index (χ4n) is 3.38. The lowest BCUT2D eigenvalue weighted by Gasteiger charge is -2.36. The van der Waals surface area contributed by atoms with Gasteiger partial charge in [0.05, 0.1) is 18.6 Å². The summed E-state index contributed by atoms with van der Waals surface area (Å²) in [6.07, 6.45) is 4.85. The fourth-order valence-corrected chi connectivity index (χ4v) is 3.38. The number of hydrogen-bond acceptors (Lipinski definition) is 3. The number of hydrogen-bond donors (Lipinski definition) is 1. The van der Waals surface area contributed by atoms with Gasteiger partial charge < -0.3 is 20.1 Å². The molecule has 1 fully saturated rings. The van der Waals surface area contributed by atoms with Crippen molar-refractivity contribution in [3.8, 4) is 5.69 Å². The van der Waals surface area contributed by atoms with Crippen LogP contribution < -0.4 is 10.6 Å². The number of halogens is 3. The third-order valence-corrected chi connectivity index (χ3v) is 5.01. The van der Waals surface area contributed by atoms with Crippen molar-refractivity contribution in [2.45, 2.75) is 6.54 Å². The molecule has 3 aromatic rings. The van der Waals surface area contributed by atoms with Crippen LogP contribution in [0.2, 0.25) is 0 Å². The molecule has 4 rings (SSSR count). The van der Waals surface area contributed by atoms with E-state index in [1.54, 1.807) is 41.5 Å². The van der Waals surface area contributed by atoms with Crippen molar-refractivity contribution in [2.24, 2.45) is 10.7 Å². The topological polar surface area (TPSA) is 62.7 Å². The molecule has 9 heteroatoms. The fraction of sp³-hybridized carbons (Fsp3) is 0.238. The van der Waals surface area contributed by atoms with Crippen LogP contribution in [-0.2, 0) is 6.54 Å². The van der Waals surface area contributed by atoms with Crippen LogP contribution in [-0.4, -0.2) is 46.6 Å². The Morgan fingerprint density at radius 1 is 1.03 bits per heavy atom. The molecule has 2 N–H and O–H groups in total. The van der Waals surface area contributed by atoms with E-state index in [0.29, 0.717) is 18.2 Å². The number of piperazine rings is 1. The predicted molar refractivity (Wildman–Crippen MR) is 124 cm³/mol. The Morgan fingerprint density at radius 2 is 1.77 bits per heavy atom. The Morgan fingerprint density at radius 3 is 2.40 bits per heavy atom. The van der Waals surface area contributed by atoms with Gasteiger partial charge in [-0.25, -0.2) is 18.8 Å². The SMILES string of the molecule is I.NC(=NCc1ccc(-n2ccnc2)c(F)c1)N1CCN(c2ccc(F)cc2)CC1. The molecule has 1 aliphatic heterocycles. The summed E-state index contributed by atoms with van der Waals surface area (Å²) in [5.74, 6) is -0.122. The third kappa shape index (κ3) is 5.07. The second-order valence-corrected chi connectivity index (χ2v) is 6.88. The Balaban J connectivity index is 0.00000256. The lowest BCUT2D eigenvalue weighted by Crippen LogP contribution is -2.51. The van der Waals surface area contributed by atoms with E-state index in [2.05, 4.69) is 14.9 Å². The number of nitrogens with zero attached hydrogens (tertiary/aromatic N) is 5. The summed E-state index contributed by atoms with van der Waals surface area (Å²) in [6.45, 7) is 3.30. The number of aliphatic imine (C=N–C) groups is 1. The van der Waals surface area contributed by atoms with Gasteiger partial charge in [-0.15, -0.1) is 24.0 Å². The highest BCUT2D eigenvalue weighted by Gasteiger charge is 2.18. The predicted octanol–water partition coefficient (Wildman–Crippen LogP) is 3.41. The molecule has 0 spiro atoms. The summed E-state index contributed by atoms with van der Waals surface area (Å²) in [5.41, 5.74) is 8.34. The zero-order valence-electron chi connectivity index (χ0n) is 16.3.